The van der Waals surface area contributed by atoms with Crippen molar-refractivity contribution >= 4 is 34.4 Å². The van der Waals surface area contributed by atoms with Gasteiger partial charge in [0.2, 0.25) is 0 Å². The number of hydrogen-bond acceptors (Lipinski definition) is 2. The van der Waals surface area contributed by atoms with Gasteiger partial charge in [-0.3, -0.25) is 5.32 Å². The van der Waals surface area contributed by atoms with E-state index in [4.69, 9.17) is 4.74 Å². The number of rotatable bonds is 6. The third-order valence-corrected chi connectivity index (χ3v) is 4.19. The van der Waals surface area contributed by atoms with Crippen LogP contribution in [0.25, 0.3) is 0 Å². The molecule has 0 saturated heterocycles. The van der Waals surface area contributed by atoms with Gasteiger partial charge in [-0.15, -0.1) is 0 Å². The molecule has 2 aromatic carbocycles. The molecule has 1 N–H and O–H groups in total. The molecule has 0 aliphatic carbocycles. The molecule has 0 spiro atoms. The number of carbonyl (C=O) groups excluding carboxylic acids is 1. The van der Waals surface area contributed by atoms with Gasteiger partial charge in [-0.2, -0.15) is 0 Å². The van der Waals surface area contributed by atoms with Crippen LogP contribution in [0.1, 0.15) is 30.9 Å². The number of halogens is 1. The van der Waals surface area contributed by atoms with Crippen LogP contribution >= 0.6 is 22.6 Å². The lowest BCUT2D eigenvalue weighted by atomic mass is 10.1. The van der Waals surface area contributed by atoms with Gasteiger partial charge in [-0.1, -0.05) is 49.7 Å². The van der Waals surface area contributed by atoms with Crippen molar-refractivity contribution in [2.75, 3.05) is 5.32 Å². The monoisotopic (exact) mass is 409 g/mol. The zero-order valence-corrected chi connectivity index (χ0v) is 14.8. The van der Waals surface area contributed by atoms with Gasteiger partial charge in [0.1, 0.15) is 6.61 Å². The molecule has 2 rings (SSSR count). The Kier molecular flexibility index (Phi) is 6.71. The minimum Gasteiger partial charge on any atom is -0.444 e. The van der Waals surface area contributed by atoms with E-state index in [2.05, 4.69) is 47.0 Å². The molecule has 22 heavy (non-hydrogen) atoms. The molecule has 0 fully saturated rings. The highest BCUT2D eigenvalue weighted by Crippen LogP contribution is 2.21. The van der Waals surface area contributed by atoms with Gasteiger partial charge < -0.3 is 4.74 Å². The summed E-state index contributed by atoms with van der Waals surface area (Å²) in [6, 6.07) is 15.8. The quantitative estimate of drug-likeness (QED) is 0.651. The number of benzene rings is 2. The Balaban J connectivity index is 1.88. The molecule has 116 valence electrons. The highest BCUT2D eigenvalue weighted by molar-refractivity contribution is 14.1. The number of carbonyl (C=O) groups is 1. The lowest BCUT2D eigenvalue weighted by molar-refractivity contribution is 0.155. The van der Waals surface area contributed by atoms with E-state index in [0.717, 1.165) is 21.2 Å². The summed E-state index contributed by atoms with van der Waals surface area (Å²) >= 11 is 2.24. The number of hydrogen-bond donors (Lipinski definition) is 1. The number of aryl methyl sites for hydroxylation is 1. The molecule has 0 heterocycles. The van der Waals surface area contributed by atoms with Crippen LogP contribution in [0.2, 0.25) is 0 Å². The van der Waals surface area contributed by atoms with E-state index >= 15 is 0 Å². The van der Waals surface area contributed by atoms with Crippen LogP contribution in [0.4, 0.5) is 10.5 Å². The van der Waals surface area contributed by atoms with Crippen molar-refractivity contribution in [2.24, 2.45) is 0 Å². The molecule has 1 amide bonds. The molecule has 0 radical (unpaired) electrons. The Bertz CT molecular complexity index is 614. The van der Waals surface area contributed by atoms with Gasteiger partial charge in [-0.25, -0.2) is 4.79 Å². The highest BCUT2D eigenvalue weighted by atomic mass is 127. The molecule has 0 aliphatic heterocycles. The SMILES string of the molecule is CCCCc1ccc(NC(=O)OCc2ccccc2)c(I)c1. The molecule has 0 saturated carbocycles. The number of nitrogens with one attached hydrogen (secondary N) is 1. The van der Waals surface area contributed by atoms with E-state index < -0.39 is 6.09 Å². The van der Waals surface area contributed by atoms with Crippen molar-refractivity contribution < 1.29 is 9.53 Å². The van der Waals surface area contributed by atoms with Crippen LogP contribution < -0.4 is 5.32 Å². The average molecular weight is 409 g/mol. The first-order valence-corrected chi connectivity index (χ1v) is 8.53. The van der Waals surface area contributed by atoms with Crippen molar-refractivity contribution in [3.8, 4) is 0 Å². The third-order valence-electron chi connectivity index (χ3n) is 3.30. The molecule has 0 aliphatic rings. The Hall–Kier alpha value is -1.56. The first kappa shape index (κ1) is 16.8. The van der Waals surface area contributed by atoms with E-state index in [9.17, 15) is 4.79 Å². The molecule has 4 heteroatoms. The Labute approximate surface area is 145 Å². The lowest BCUT2D eigenvalue weighted by Crippen LogP contribution is -2.14. The van der Waals surface area contributed by atoms with Gasteiger partial charge in [0.15, 0.2) is 0 Å². The largest absolute Gasteiger partial charge is 0.444 e. The van der Waals surface area contributed by atoms with Crippen LogP contribution in [0.15, 0.2) is 48.5 Å². The maximum atomic E-state index is 11.9. The summed E-state index contributed by atoms with van der Waals surface area (Å²) in [5.41, 5.74) is 3.07. The standard InChI is InChI=1S/C18H20INO2/c1-2-3-7-14-10-11-17(16(19)12-14)20-18(21)22-13-15-8-5-4-6-9-15/h4-6,8-12H,2-3,7,13H2,1H3,(H,20,21). The number of anilines is 1. The fourth-order valence-corrected chi connectivity index (χ4v) is 2.78. The first-order valence-electron chi connectivity index (χ1n) is 7.45. The van der Waals surface area contributed by atoms with Gasteiger partial charge in [-0.05, 0) is 58.7 Å². The molecule has 0 unspecified atom stereocenters. The van der Waals surface area contributed by atoms with Crippen molar-refractivity contribution in [3.63, 3.8) is 0 Å². The zero-order valence-electron chi connectivity index (χ0n) is 12.6. The second-order valence-corrected chi connectivity index (χ2v) is 6.27. The second-order valence-electron chi connectivity index (χ2n) is 5.10. The van der Waals surface area contributed by atoms with Crippen molar-refractivity contribution in [3.05, 3.63) is 63.2 Å². The molecule has 0 bridgehead atoms. The molecule has 3 nitrogen and oxygen atoms in total. The van der Waals surface area contributed by atoms with Crippen LogP contribution in [0.5, 0.6) is 0 Å². The van der Waals surface area contributed by atoms with Crippen molar-refractivity contribution in [1.29, 1.82) is 0 Å². The number of unbranched alkanes of at least 4 members (excludes halogenated alkanes) is 1. The molecular weight excluding hydrogens is 389 g/mol. The van der Waals surface area contributed by atoms with E-state index in [-0.39, 0.29) is 6.61 Å². The zero-order chi connectivity index (χ0) is 15.8. The summed E-state index contributed by atoms with van der Waals surface area (Å²) in [4.78, 5) is 11.9. The minimum atomic E-state index is -0.428. The van der Waals surface area contributed by atoms with Crippen LogP contribution in [0, 0.1) is 3.57 Å². The molecule has 0 aromatic heterocycles. The van der Waals surface area contributed by atoms with Crippen LogP contribution in [-0.2, 0) is 17.8 Å². The summed E-state index contributed by atoms with van der Waals surface area (Å²) in [5.74, 6) is 0. The maximum Gasteiger partial charge on any atom is 0.411 e. The topological polar surface area (TPSA) is 38.3 Å². The summed E-state index contributed by atoms with van der Waals surface area (Å²) in [5, 5.41) is 2.80. The highest BCUT2D eigenvalue weighted by Gasteiger charge is 2.07. The van der Waals surface area contributed by atoms with E-state index in [1.807, 2.05) is 36.4 Å². The van der Waals surface area contributed by atoms with Gasteiger partial charge in [0, 0.05) is 3.57 Å². The van der Waals surface area contributed by atoms with Crippen molar-refractivity contribution in [1.82, 2.24) is 0 Å². The van der Waals surface area contributed by atoms with Crippen molar-refractivity contribution in [2.45, 2.75) is 32.8 Å². The Morgan fingerprint density at radius 3 is 2.59 bits per heavy atom. The average Bonchev–Trinajstić information content (AvgIpc) is 2.54. The van der Waals surface area contributed by atoms with Crippen LogP contribution in [0.3, 0.4) is 0 Å². The van der Waals surface area contributed by atoms with Gasteiger partial charge in [0.05, 0.1) is 5.69 Å². The molecular formula is C18H20INO2. The predicted octanol–water partition coefficient (Wildman–Crippen LogP) is 5.38. The fraction of sp³-hybridized carbons (Fsp3) is 0.278. The lowest BCUT2D eigenvalue weighted by Gasteiger charge is -2.10. The maximum absolute atomic E-state index is 11.9. The summed E-state index contributed by atoms with van der Waals surface area (Å²) < 4.78 is 6.26. The summed E-state index contributed by atoms with van der Waals surface area (Å²) in [6.45, 7) is 2.46. The minimum absolute atomic E-state index is 0.276. The number of ether oxygens (including phenoxy) is 1. The third kappa shape index (κ3) is 5.33. The second kappa shape index (κ2) is 8.78. The summed E-state index contributed by atoms with van der Waals surface area (Å²) in [7, 11) is 0. The van der Waals surface area contributed by atoms with Gasteiger partial charge >= 0.3 is 6.09 Å². The van der Waals surface area contributed by atoms with E-state index in [0.29, 0.717) is 0 Å². The summed E-state index contributed by atoms with van der Waals surface area (Å²) in [6.07, 6.45) is 3.01. The molecule has 0 atom stereocenters. The Morgan fingerprint density at radius 2 is 1.91 bits per heavy atom. The Morgan fingerprint density at radius 1 is 1.14 bits per heavy atom. The van der Waals surface area contributed by atoms with E-state index in [1.165, 1.54) is 18.4 Å². The predicted molar refractivity (Wildman–Crippen MR) is 98.0 cm³/mol. The van der Waals surface area contributed by atoms with Gasteiger partial charge in [0.25, 0.3) is 0 Å². The van der Waals surface area contributed by atoms with E-state index in [1.54, 1.807) is 0 Å². The first-order chi connectivity index (χ1) is 10.7. The van der Waals surface area contributed by atoms with Crippen LogP contribution in [-0.4, -0.2) is 6.09 Å². The smallest absolute Gasteiger partial charge is 0.411 e. The molecule has 2 aromatic rings. The number of amides is 1. The fourth-order valence-electron chi connectivity index (χ4n) is 2.07. The normalized spacial score (nSPS) is 10.3.